The summed E-state index contributed by atoms with van der Waals surface area (Å²) in [5, 5.41) is 4.33. The minimum Gasteiger partial charge on any atom is -0.488 e. The van der Waals surface area contributed by atoms with E-state index in [4.69, 9.17) is 16.3 Å². The minimum absolute atomic E-state index is 0.290. The lowest BCUT2D eigenvalue weighted by Crippen LogP contribution is -2.40. The number of nitrogens with zero attached hydrogens (tertiary/aromatic N) is 1. The molecule has 108 valence electrons. The van der Waals surface area contributed by atoms with Crippen molar-refractivity contribution in [3.8, 4) is 5.75 Å². The summed E-state index contributed by atoms with van der Waals surface area (Å²) in [5.74, 6) is 2.68. The quantitative estimate of drug-likeness (QED) is 0.904. The van der Waals surface area contributed by atoms with Gasteiger partial charge in [-0.05, 0) is 55.6 Å². The zero-order chi connectivity index (χ0) is 13.7. The lowest BCUT2D eigenvalue weighted by Gasteiger charge is -2.26. The van der Waals surface area contributed by atoms with Gasteiger partial charge in [-0.15, -0.1) is 0 Å². The fraction of sp³-hybridized carbons (Fsp3) is 0.625. The van der Waals surface area contributed by atoms with Crippen LogP contribution in [0.15, 0.2) is 18.2 Å². The lowest BCUT2D eigenvalue weighted by molar-refractivity contribution is 0.137. The molecule has 3 aliphatic rings. The van der Waals surface area contributed by atoms with Crippen LogP contribution in [0.25, 0.3) is 0 Å². The van der Waals surface area contributed by atoms with Gasteiger partial charge in [-0.2, -0.15) is 0 Å². The highest BCUT2D eigenvalue weighted by molar-refractivity contribution is 6.30. The molecule has 3 heterocycles. The molecule has 0 spiro atoms. The summed E-state index contributed by atoms with van der Waals surface area (Å²) >= 11 is 6.06. The number of hydrogen-bond acceptors (Lipinski definition) is 3. The first kappa shape index (κ1) is 12.9. The van der Waals surface area contributed by atoms with Gasteiger partial charge in [0.05, 0.1) is 0 Å². The fourth-order valence-corrected chi connectivity index (χ4v) is 4.34. The Morgan fingerprint density at radius 1 is 1.40 bits per heavy atom. The second kappa shape index (κ2) is 4.90. The van der Waals surface area contributed by atoms with Gasteiger partial charge in [0.25, 0.3) is 0 Å². The number of rotatable bonds is 2. The van der Waals surface area contributed by atoms with Gasteiger partial charge in [0.15, 0.2) is 0 Å². The van der Waals surface area contributed by atoms with Crippen LogP contribution >= 0.6 is 11.6 Å². The van der Waals surface area contributed by atoms with Gasteiger partial charge in [0.1, 0.15) is 11.9 Å². The van der Waals surface area contributed by atoms with E-state index >= 15 is 0 Å². The summed E-state index contributed by atoms with van der Waals surface area (Å²) < 4.78 is 6.08. The van der Waals surface area contributed by atoms with Crippen molar-refractivity contribution in [3.05, 3.63) is 28.8 Å². The van der Waals surface area contributed by atoms with E-state index in [2.05, 4.69) is 17.1 Å². The normalized spacial score (nSPS) is 35.9. The van der Waals surface area contributed by atoms with Crippen LogP contribution in [0.4, 0.5) is 0 Å². The smallest absolute Gasteiger partial charge is 0.123 e. The van der Waals surface area contributed by atoms with Crippen LogP contribution in [0, 0.1) is 11.8 Å². The number of benzene rings is 1. The van der Waals surface area contributed by atoms with Crippen molar-refractivity contribution in [2.24, 2.45) is 11.8 Å². The molecule has 0 radical (unpaired) electrons. The van der Waals surface area contributed by atoms with E-state index in [0.717, 1.165) is 35.6 Å². The molecule has 0 aliphatic carbocycles. The average Bonchev–Trinajstić information content (AvgIpc) is 3.08. The summed E-state index contributed by atoms with van der Waals surface area (Å²) in [5.41, 5.74) is 1.26. The standard InChI is InChI=1S/C16H21ClN2O/c1-10-15-7-18-6-12(15)8-19(10)9-14-5-11-4-13(17)2-3-16(11)20-14/h2-4,10,12,14-15,18H,5-9H2,1H3. The number of nitrogens with one attached hydrogen (secondary N) is 1. The van der Waals surface area contributed by atoms with Crippen molar-refractivity contribution >= 4 is 11.6 Å². The molecule has 1 aromatic rings. The van der Waals surface area contributed by atoms with E-state index in [1.54, 1.807) is 0 Å². The first-order valence-corrected chi connectivity index (χ1v) is 7.98. The third kappa shape index (κ3) is 2.12. The molecule has 1 aromatic carbocycles. The van der Waals surface area contributed by atoms with Gasteiger partial charge in [-0.3, -0.25) is 4.90 Å². The van der Waals surface area contributed by atoms with Gasteiger partial charge < -0.3 is 10.1 Å². The molecule has 4 heteroatoms. The third-order valence-electron chi connectivity index (χ3n) is 5.26. The van der Waals surface area contributed by atoms with Gasteiger partial charge in [-0.1, -0.05) is 11.6 Å². The Kier molecular flexibility index (Phi) is 3.17. The summed E-state index contributed by atoms with van der Waals surface area (Å²) in [7, 11) is 0. The molecule has 0 aromatic heterocycles. The monoisotopic (exact) mass is 292 g/mol. The summed E-state index contributed by atoms with van der Waals surface area (Å²) in [4.78, 5) is 2.62. The van der Waals surface area contributed by atoms with E-state index in [0.29, 0.717) is 6.04 Å². The molecular weight excluding hydrogens is 272 g/mol. The molecule has 4 rings (SSSR count). The van der Waals surface area contributed by atoms with Crippen molar-refractivity contribution < 1.29 is 4.74 Å². The van der Waals surface area contributed by atoms with Crippen molar-refractivity contribution in [2.75, 3.05) is 26.2 Å². The van der Waals surface area contributed by atoms with Crippen LogP contribution in [0.3, 0.4) is 0 Å². The predicted molar refractivity (Wildman–Crippen MR) is 80.5 cm³/mol. The molecule has 2 saturated heterocycles. The maximum absolute atomic E-state index is 6.08. The number of hydrogen-bond donors (Lipinski definition) is 1. The Morgan fingerprint density at radius 2 is 2.30 bits per heavy atom. The van der Waals surface area contributed by atoms with Crippen molar-refractivity contribution in [3.63, 3.8) is 0 Å². The molecular formula is C16H21ClN2O. The highest BCUT2D eigenvalue weighted by atomic mass is 35.5. The Labute approximate surface area is 125 Å². The van der Waals surface area contributed by atoms with Gasteiger partial charge in [0.2, 0.25) is 0 Å². The molecule has 3 nitrogen and oxygen atoms in total. The lowest BCUT2D eigenvalue weighted by atomic mass is 9.95. The van der Waals surface area contributed by atoms with Crippen LogP contribution < -0.4 is 10.1 Å². The molecule has 0 amide bonds. The summed E-state index contributed by atoms with van der Waals surface area (Å²) in [6.07, 6.45) is 1.28. The first-order chi connectivity index (χ1) is 9.70. The molecule has 0 bridgehead atoms. The Morgan fingerprint density at radius 3 is 3.15 bits per heavy atom. The Balaban J connectivity index is 1.42. The molecule has 2 fully saturated rings. The van der Waals surface area contributed by atoms with Crippen LogP contribution in [0.5, 0.6) is 5.75 Å². The molecule has 0 saturated carbocycles. The second-order valence-corrected chi connectivity index (χ2v) is 6.91. The number of fused-ring (bicyclic) bond motifs is 2. The fourth-order valence-electron chi connectivity index (χ4n) is 4.15. The molecule has 1 N–H and O–H groups in total. The molecule has 3 aliphatic heterocycles. The van der Waals surface area contributed by atoms with Crippen LogP contribution in [0.2, 0.25) is 5.02 Å². The zero-order valence-corrected chi connectivity index (χ0v) is 12.6. The zero-order valence-electron chi connectivity index (χ0n) is 11.8. The van der Waals surface area contributed by atoms with Crippen molar-refractivity contribution in [2.45, 2.75) is 25.5 Å². The number of ether oxygens (including phenoxy) is 1. The Hall–Kier alpha value is -0.770. The highest BCUT2D eigenvalue weighted by Crippen LogP contribution is 2.35. The van der Waals surface area contributed by atoms with Crippen LogP contribution in [0.1, 0.15) is 12.5 Å². The van der Waals surface area contributed by atoms with Gasteiger partial charge in [-0.25, -0.2) is 0 Å². The van der Waals surface area contributed by atoms with Crippen LogP contribution in [-0.2, 0) is 6.42 Å². The first-order valence-electron chi connectivity index (χ1n) is 7.60. The van der Waals surface area contributed by atoms with Gasteiger partial charge >= 0.3 is 0 Å². The average molecular weight is 293 g/mol. The SMILES string of the molecule is CC1C2CNCC2CN1CC1Cc2cc(Cl)ccc2O1. The van der Waals surface area contributed by atoms with E-state index in [1.807, 2.05) is 18.2 Å². The van der Waals surface area contributed by atoms with Crippen molar-refractivity contribution in [1.29, 1.82) is 0 Å². The molecule has 4 unspecified atom stereocenters. The topological polar surface area (TPSA) is 24.5 Å². The Bertz CT molecular complexity index is 521. The van der Waals surface area contributed by atoms with E-state index in [9.17, 15) is 0 Å². The maximum atomic E-state index is 6.08. The highest BCUT2D eigenvalue weighted by Gasteiger charge is 2.42. The van der Waals surface area contributed by atoms with Crippen molar-refractivity contribution in [1.82, 2.24) is 10.2 Å². The summed E-state index contributed by atoms with van der Waals surface area (Å²) in [6.45, 7) is 7.00. The number of halogens is 1. The van der Waals surface area contributed by atoms with Gasteiger partial charge in [0, 0.05) is 30.6 Å². The number of likely N-dealkylation sites (tertiary alicyclic amines) is 1. The molecule has 20 heavy (non-hydrogen) atoms. The largest absolute Gasteiger partial charge is 0.488 e. The van der Waals surface area contributed by atoms with E-state index < -0.39 is 0 Å². The minimum atomic E-state index is 0.290. The van der Waals surface area contributed by atoms with E-state index in [1.165, 1.54) is 25.2 Å². The van der Waals surface area contributed by atoms with Crippen LogP contribution in [-0.4, -0.2) is 43.2 Å². The predicted octanol–water partition coefficient (Wildman–Crippen LogP) is 2.18. The second-order valence-electron chi connectivity index (χ2n) is 6.47. The van der Waals surface area contributed by atoms with E-state index in [-0.39, 0.29) is 6.10 Å². The summed E-state index contributed by atoms with van der Waals surface area (Å²) in [6, 6.07) is 6.63. The molecule has 4 atom stereocenters. The maximum Gasteiger partial charge on any atom is 0.123 e. The third-order valence-corrected chi connectivity index (χ3v) is 5.49.